The molecule has 0 spiro atoms. The molecule has 0 radical (unpaired) electrons. The second kappa shape index (κ2) is 5.25. The second-order valence-electron chi connectivity index (χ2n) is 3.52. The van der Waals surface area contributed by atoms with Crippen molar-refractivity contribution < 1.29 is 9.47 Å². The summed E-state index contributed by atoms with van der Waals surface area (Å²) in [7, 11) is 1.59. The Balaban J connectivity index is 1.89. The number of rotatable bonds is 5. The van der Waals surface area contributed by atoms with E-state index in [0.29, 0.717) is 24.6 Å². The highest BCUT2D eigenvalue weighted by atomic mass is 16.5. The first-order chi connectivity index (χ1) is 8.29. The molecule has 2 N–H and O–H groups in total. The van der Waals surface area contributed by atoms with Crippen LogP contribution in [0.3, 0.4) is 0 Å². The lowest BCUT2D eigenvalue weighted by molar-refractivity contribution is 0.291. The van der Waals surface area contributed by atoms with Crippen molar-refractivity contribution in [1.82, 2.24) is 9.78 Å². The summed E-state index contributed by atoms with van der Waals surface area (Å²) >= 11 is 0. The van der Waals surface area contributed by atoms with Gasteiger partial charge in [0.15, 0.2) is 0 Å². The minimum absolute atomic E-state index is 0.549. The van der Waals surface area contributed by atoms with Crippen molar-refractivity contribution in [2.75, 3.05) is 19.5 Å². The number of methoxy groups -OCH3 is 1. The number of hydrogen-bond donors (Lipinski definition) is 1. The lowest BCUT2D eigenvalue weighted by Crippen LogP contribution is -2.08. The van der Waals surface area contributed by atoms with E-state index in [1.54, 1.807) is 25.4 Å². The molecule has 2 aromatic rings. The first-order valence-corrected chi connectivity index (χ1v) is 5.33. The summed E-state index contributed by atoms with van der Waals surface area (Å²) in [5.41, 5.74) is 6.35. The first-order valence-electron chi connectivity index (χ1n) is 5.33. The highest BCUT2D eigenvalue weighted by molar-refractivity contribution is 5.56. The van der Waals surface area contributed by atoms with Gasteiger partial charge in [0.25, 0.3) is 0 Å². The molecule has 0 aliphatic carbocycles. The minimum Gasteiger partial charge on any atom is -0.495 e. The van der Waals surface area contributed by atoms with E-state index < -0.39 is 0 Å². The Labute approximate surface area is 99.8 Å². The van der Waals surface area contributed by atoms with E-state index in [-0.39, 0.29) is 0 Å². The van der Waals surface area contributed by atoms with Gasteiger partial charge in [0, 0.05) is 18.5 Å². The molecule has 0 aliphatic rings. The molecule has 0 atom stereocenters. The van der Waals surface area contributed by atoms with Crippen LogP contribution in [-0.4, -0.2) is 23.5 Å². The monoisotopic (exact) mass is 233 g/mol. The summed E-state index contributed by atoms with van der Waals surface area (Å²) in [4.78, 5) is 0. The molecule has 0 unspecified atom stereocenters. The predicted molar refractivity (Wildman–Crippen MR) is 65.1 cm³/mol. The Morgan fingerprint density at radius 3 is 2.94 bits per heavy atom. The third-order valence-electron chi connectivity index (χ3n) is 2.35. The van der Waals surface area contributed by atoms with Crippen molar-refractivity contribution in [1.29, 1.82) is 0 Å². The SMILES string of the molecule is COc1ccc(OCCn2cccn2)cc1N. The van der Waals surface area contributed by atoms with Crippen LogP contribution >= 0.6 is 0 Å². The number of hydrogen-bond acceptors (Lipinski definition) is 4. The zero-order valence-electron chi connectivity index (χ0n) is 9.67. The zero-order chi connectivity index (χ0) is 12.1. The summed E-state index contributed by atoms with van der Waals surface area (Å²) in [5.74, 6) is 1.39. The van der Waals surface area contributed by atoms with Gasteiger partial charge < -0.3 is 15.2 Å². The number of anilines is 1. The van der Waals surface area contributed by atoms with Gasteiger partial charge in [0.2, 0.25) is 0 Å². The van der Waals surface area contributed by atoms with Crippen LogP contribution in [0.25, 0.3) is 0 Å². The fourth-order valence-corrected chi connectivity index (χ4v) is 1.49. The molecule has 5 nitrogen and oxygen atoms in total. The fourth-order valence-electron chi connectivity index (χ4n) is 1.49. The maximum Gasteiger partial charge on any atom is 0.142 e. The standard InChI is InChI=1S/C12H15N3O2/c1-16-12-4-3-10(9-11(12)13)17-8-7-15-6-2-5-14-15/h2-6,9H,7-8,13H2,1H3. The third kappa shape index (κ3) is 2.90. The average molecular weight is 233 g/mol. The zero-order valence-corrected chi connectivity index (χ0v) is 9.67. The molecule has 0 amide bonds. The number of nitrogens with zero attached hydrogens (tertiary/aromatic N) is 2. The highest BCUT2D eigenvalue weighted by Crippen LogP contribution is 2.25. The van der Waals surface area contributed by atoms with Crippen molar-refractivity contribution >= 4 is 5.69 Å². The molecule has 0 bridgehead atoms. The molecule has 0 saturated heterocycles. The summed E-state index contributed by atoms with van der Waals surface area (Å²) in [5, 5.41) is 4.08. The van der Waals surface area contributed by atoms with E-state index in [9.17, 15) is 0 Å². The van der Waals surface area contributed by atoms with E-state index in [1.807, 2.05) is 23.0 Å². The van der Waals surface area contributed by atoms with Gasteiger partial charge >= 0.3 is 0 Å². The van der Waals surface area contributed by atoms with Crippen molar-refractivity contribution in [2.45, 2.75) is 6.54 Å². The van der Waals surface area contributed by atoms with Crippen LogP contribution in [0.2, 0.25) is 0 Å². The van der Waals surface area contributed by atoms with Gasteiger partial charge in [0.05, 0.1) is 19.3 Å². The van der Waals surface area contributed by atoms with Gasteiger partial charge in [0.1, 0.15) is 18.1 Å². The molecule has 1 aromatic heterocycles. The van der Waals surface area contributed by atoms with Crippen LogP contribution < -0.4 is 15.2 Å². The van der Waals surface area contributed by atoms with E-state index in [4.69, 9.17) is 15.2 Å². The predicted octanol–water partition coefficient (Wildman–Crippen LogP) is 1.55. The Bertz CT molecular complexity index is 469. The van der Waals surface area contributed by atoms with E-state index >= 15 is 0 Å². The Kier molecular flexibility index (Phi) is 3.49. The van der Waals surface area contributed by atoms with E-state index in [0.717, 1.165) is 5.75 Å². The minimum atomic E-state index is 0.549. The van der Waals surface area contributed by atoms with Crippen LogP contribution in [0.5, 0.6) is 11.5 Å². The van der Waals surface area contributed by atoms with E-state index in [2.05, 4.69) is 5.10 Å². The Morgan fingerprint density at radius 1 is 1.41 bits per heavy atom. The van der Waals surface area contributed by atoms with Gasteiger partial charge in [-0.2, -0.15) is 5.10 Å². The van der Waals surface area contributed by atoms with Crippen molar-refractivity contribution in [3.63, 3.8) is 0 Å². The molecule has 0 fully saturated rings. The van der Waals surface area contributed by atoms with Crippen LogP contribution in [0.15, 0.2) is 36.7 Å². The lowest BCUT2D eigenvalue weighted by atomic mass is 10.3. The first kappa shape index (κ1) is 11.3. The molecule has 5 heteroatoms. The van der Waals surface area contributed by atoms with Crippen molar-refractivity contribution in [2.24, 2.45) is 0 Å². The number of benzene rings is 1. The molecule has 90 valence electrons. The number of nitrogens with two attached hydrogens (primary N) is 1. The maximum absolute atomic E-state index is 5.78. The lowest BCUT2D eigenvalue weighted by Gasteiger charge is -2.09. The smallest absolute Gasteiger partial charge is 0.142 e. The van der Waals surface area contributed by atoms with Gasteiger partial charge in [-0.25, -0.2) is 0 Å². The Hall–Kier alpha value is -2.17. The van der Waals surface area contributed by atoms with E-state index in [1.165, 1.54) is 0 Å². The number of ether oxygens (including phenoxy) is 2. The number of aromatic nitrogens is 2. The molecule has 0 saturated carbocycles. The maximum atomic E-state index is 5.78. The van der Waals surface area contributed by atoms with Crippen molar-refractivity contribution in [3.05, 3.63) is 36.7 Å². The molecular formula is C12H15N3O2. The summed E-state index contributed by atoms with van der Waals surface area (Å²) < 4.78 is 12.4. The van der Waals surface area contributed by atoms with Crippen LogP contribution in [0.1, 0.15) is 0 Å². The molecule has 0 aliphatic heterocycles. The largest absolute Gasteiger partial charge is 0.495 e. The highest BCUT2D eigenvalue weighted by Gasteiger charge is 2.01. The molecule has 17 heavy (non-hydrogen) atoms. The summed E-state index contributed by atoms with van der Waals surface area (Å²) in [6.45, 7) is 1.26. The Morgan fingerprint density at radius 2 is 2.29 bits per heavy atom. The topological polar surface area (TPSA) is 62.3 Å². The average Bonchev–Trinajstić information content (AvgIpc) is 2.82. The second-order valence-corrected chi connectivity index (χ2v) is 3.52. The third-order valence-corrected chi connectivity index (χ3v) is 2.35. The normalized spacial score (nSPS) is 10.2. The molecular weight excluding hydrogens is 218 g/mol. The summed E-state index contributed by atoms with van der Waals surface area (Å²) in [6.07, 6.45) is 3.64. The van der Waals surface area contributed by atoms with Crippen molar-refractivity contribution in [3.8, 4) is 11.5 Å². The van der Waals surface area contributed by atoms with Crippen LogP contribution in [0.4, 0.5) is 5.69 Å². The molecule has 1 aromatic carbocycles. The molecule has 1 heterocycles. The summed E-state index contributed by atoms with van der Waals surface area (Å²) in [6, 6.07) is 7.25. The van der Waals surface area contributed by atoms with Gasteiger partial charge in [-0.05, 0) is 18.2 Å². The van der Waals surface area contributed by atoms with Gasteiger partial charge in [-0.15, -0.1) is 0 Å². The van der Waals surface area contributed by atoms with Crippen LogP contribution in [-0.2, 0) is 6.54 Å². The van der Waals surface area contributed by atoms with Crippen LogP contribution in [0, 0.1) is 0 Å². The van der Waals surface area contributed by atoms with Gasteiger partial charge in [-0.1, -0.05) is 0 Å². The fraction of sp³-hybridized carbons (Fsp3) is 0.250. The molecule has 2 rings (SSSR count). The van der Waals surface area contributed by atoms with Gasteiger partial charge in [-0.3, -0.25) is 4.68 Å². The number of nitrogen functional groups attached to an aromatic ring is 1. The quantitative estimate of drug-likeness (QED) is 0.796.